The zero-order chi connectivity index (χ0) is 17.0. The summed E-state index contributed by atoms with van der Waals surface area (Å²) >= 11 is 0. The molecule has 0 bridgehead atoms. The largest absolute Gasteiger partial charge is 0.481 e. The van der Waals surface area contributed by atoms with Crippen molar-refractivity contribution in [3.8, 4) is 0 Å². The van der Waals surface area contributed by atoms with Crippen molar-refractivity contribution in [3.05, 3.63) is 29.8 Å². The van der Waals surface area contributed by atoms with Gasteiger partial charge in [0.15, 0.2) is 0 Å². The molecule has 0 aliphatic carbocycles. The molecule has 0 aromatic heterocycles. The number of amides is 2. The standard InChI is InChI=1S/C15H17F3N2O3/c16-15(17,18)9-10-2-1-3-12(8-10)19-14(23)20-6-4-11(5-7-20)13(21)22/h1-3,8,11H,4-7,9H2,(H,19,23)(H,21,22). The first-order chi connectivity index (χ1) is 10.7. The fourth-order valence-corrected chi connectivity index (χ4v) is 2.52. The molecule has 1 fully saturated rings. The molecule has 2 N–H and O–H groups in total. The Morgan fingerprint density at radius 2 is 1.91 bits per heavy atom. The number of benzene rings is 1. The number of piperidine rings is 1. The molecule has 1 saturated heterocycles. The highest BCUT2D eigenvalue weighted by molar-refractivity contribution is 5.89. The first-order valence-corrected chi connectivity index (χ1v) is 7.19. The van der Waals surface area contributed by atoms with Gasteiger partial charge >= 0.3 is 18.2 Å². The van der Waals surface area contributed by atoms with Crippen LogP contribution >= 0.6 is 0 Å². The summed E-state index contributed by atoms with van der Waals surface area (Å²) in [6.07, 6.45) is -4.62. The number of anilines is 1. The number of hydrogen-bond donors (Lipinski definition) is 2. The van der Waals surface area contributed by atoms with Crippen LogP contribution in [-0.4, -0.2) is 41.3 Å². The predicted molar refractivity (Wildman–Crippen MR) is 77.2 cm³/mol. The average Bonchev–Trinajstić information content (AvgIpc) is 2.46. The quantitative estimate of drug-likeness (QED) is 0.895. The highest BCUT2D eigenvalue weighted by atomic mass is 19.4. The van der Waals surface area contributed by atoms with Crippen LogP contribution in [-0.2, 0) is 11.2 Å². The third-order valence-electron chi connectivity index (χ3n) is 3.71. The van der Waals surface area contributed by atoms with Crippen molar-refractivity contribution in [2.24, 2.45) is 5.92 Å². The normalized spacial score (nSPS) is 16.2. The molecule has 2 amide bonds. The minimum atomic E-state index is -4.30. The Morgan fingerprint density at radius 3 is 2.48 bits per heavy atom. The third-order valence-corrected chi connectivity index (χ3v) is 3.71. The van der Waals surface area contributed by atoms with E-state index in [1.54, 1.807) is 0 Å². The molecule has 23 heavy (non-hydrogen) atoms. The van der Waals surface area contributed by atoms with Gasteiger partial charge in [0.25, 0.3) is 0 Å². The number of carbonyl (C=O) groups is 2. The smallest absolute Gasteiger partial charge is 0.393 e. The summed E-state index contributed by atoms with van der Waals surface area (Å²) in [5, 5.41) is 11.5. The molecule has 5 nitrogen and oxygen atoms in total. The van der Waals surface area contributed by atoms with Gasteiger partial charge in [-0.25, -0.2) is 4.79 Å². The first-order valence-electron chi connectivity index (χ1n) is 7.19. The van der Waals surface area contributed by atoms with Crippen molar-refractivity contribution in [2.45, 2.75) is 25.4 Å². The van der Waals surface area contributed by atoms with E-state index >= 15 is 0 Å². The second-order valence-electron chi connectivity index (χ2n) is 5.52. The summed E-state index contributed by atoms with van der Waals surface area (Å²) in [5.41, 5.74) is 0.358. The Kier molecular flexibility index (Phi) is 5.12. The lowest BCUT2D eigenvalue weighted by Gasteiger charge is -2.30. The van der Waals surface area contributed by atoms with E-state index < -0.39 is 30.5 Å². The van der Waals surface area contributed by atoms with Gasteiger partial charge in [-0.2, -0.15) is 13.2 Å². The van der Waals surface area contributed by atoms with Gasteiger partial charge in [-0.15, -0.1) is 0 Å². The van der Waals surface area contributed by atoms with Crippen LogP contribution in [0.2, 0.25) is 0 Å². The lowest BCUT2D eigenvalue weighted by atomic mass is 9.97. The summed E-state index contributed by atoms with van der Waals surface area (Å²) in [6.45, 7) is 0.621. The Hall–Kier alpha value is -2.25. The maximum Gasteiger partial charge on any atom is 0.393 e. The Morgan fingerprint density at radius 1 is 1.26 bits per heavy atom. The number of likely N-dealkylation sites (tertiary alicyclic amines) is 1. The minimum absolute atomic E-state index is 0.0693. The molecule has 1 aliphatic rings. The Labute approximate surface area is 131 Å². The van der Waals surface area contributed by atoms with E-state index in [0.29, 0.717) is 25.9 Å². The van der Waals surface area contributed by atoms with E-state index in [2.05, 4.69) is 5.32 Å². The zero-order valence-electron chi connectivity index (χ0n) is 12.3. The molecule has 1 aliphatic heterocycles. The van der Waals surface area contributed by atoms with Crippen LogP contribution in [0.15, 0.2) is 24.3 Å². The van der Waals surface area contributed by atoms with Crippen LogP contribution in [0.1, 0.15) is 18.4 Å². The molecule has 126 valence electrons. The fourth-order valence-electron chi connectivity index (χ4n) is 2.52. The SMILES string of the molecule is O=C(O)C1CCN(C(=O)Nc2cccc(CC(F)(F)F)c2)CC1. The number of urea groups is 1. The Bertz CT molecular complexity index is 582. The number of rotatable bonds is 3. The summed E-state index contributed by atoms with van der Waals surface area (Å²) in [7, 11) is 0. The second kappa shape index (κ2) is 6.89. The minimum Gasteiger partial charge on any atom is -0.481 e. The number of nitrogens with one attached hydrogen (secondary N) is 1. The van der Waals surface area contributed by atoms with E-state index in [9.17, 15) is 22.8 Å². The molecule has 0 saturated carbocycles. The van der Waals surface area contributed by atoms with Gasteiger partial charge in [-0.05, 0) is 30.5 Å². The van der Waals surface area contributed by atoms with Crippen LogP contribution in [0.4, 0.5) is 23.7 Å². The van der Waals surface area contributed by atoms with Gasteiger partial charge in [0.1, 0.15) is 0 Å². The number of alkyl halides is 3. The molecule has 2 rings (SSSR count). The van der Waals surface area contributed by atoms with Crippen LogP contribution in [0.3, 0.4) is 0 Å². The van der Waals surface area contributed by atoms with E-state index in [-0.39, 0.29) is 11.3 Å². The van der Waals surface area contributed by atoms with Crippen molar-refractivity contribution < 1.29 is 27.9 Å². The lowest BCUT2D eigenvalue weighted by molar-refractivity contribution is -0.143. The highest BCUT2D eigenvalue weighted by Gasteiger charge is 2.28. The average molecular weight is 330 g/mol. The topological polar surface area (TPSA) is 69.6 Å². The number of carbonyl (C=O) groups excluding carboxylic acids is 1. The zero-order valence-corrected chi connectivity index (χ0v) is 12.3. The van der Waals surface area contributed by atoms with Crippen molar-refractivity contribution in [3.63, 3.8) is 0 Å². The van der Waals surface area contributed by atoms with Crippen LogP contribution in [0.5, 0.6) is 0 Å². The number of aliphatic carboxylic acids is 1. The second-order valence-corrected chi connectivity index (χ2v) is 5.52. The summed E-state index contributed by atoms with van der Waals surface area (Å²) in [6, 6.07) is 5.17. The van der Waals surface area contributed by atoms with Crippen molar-refractivity contribution >= 4 is 17.7 Å². The molecule has 0 radical (unpaired) electrons. The van der Waals surface area contributed by atoms with Crippen LogP contribution in [0.25, 0.3) is 0 Å². The summed E-state index contributed by atoms with van der Waals surface area (Å²) < 4.78 is 37.2. The molecule has 1 heterocycles. The molecule has 0 spiro atoms. The number of nitrogens with zero attached hydrogens (tertiary/aromatic N) is 1. The maximum atomic E-state index is 12.4. The van der Waals surface area contributed by atoms with Crippen LogP contribution in [0, 0.1) is 5.92 Å². The van der Waals surface area contributed by atoms with E-state index in [1.807, 2.05) is 0 Å². The molecule has 0 atom stereocenters. The van der Waals surface area contributed by atoms with Crippen molar-refractivity contribution in [2.75, 3.05) is 18.4 Å². The van der Waals surface area contributed by atoms with Gasteiger partial charge in [0.05, 0.1) is 12.3 Å². The lowest BCUT2D eigenvalue weighted by Crippen LogP contribution is -2.42. The van der Waals surface area contributed by atoms with Gasteiger partial charge in [-0.3, -0.25) is 4.79 Å². The van der Waals surface area contributed by atoms with E-state index in [4.69, 9.17) is 5.11 Å². The van der Waals surface area contributed by atoms with E-state index in [0.717, 1.165) is 0 Å². The van der Waals surface area contributed by atoms with Gasteiger partial charge in [-0.1, -0.05) is 12.1 Å². The van der Waals surface area contributed by atoms with Crippen LogP contribution < -0.4 is 5.32 Å². The third kappa shape index (κ3) is 5.15. The van der Waals surface area contributed by atoms with Crippen molar-refractivity contribution in [1.82, 2.24) is 4.90 Å². The summed E-state index contributed by atoms with van der Waals surface area (Å²) in [4.78, 5) is 24.4. The molecular formula is C15H17F3N2O3. The molecule has 8 heteroatoms. The highest BCUT2D eigenvalue weighted by Crippen LogP contribution is 2.23. The molecule has 1 aromatic rings. The fraction of sp³-hybridized carbons (Fsp3) is 0.467. The maximum absolute atomic E-state index is 12.4. The van der Waals surface area contributed by atoms with E-state index in [1.165, 1.54) is 29.2 Å². The number of hydrogen-bond acceptors (Lipinski definition) is 2. The van der Waals surface area contributed by atoms with Gasteiger partial charge < -0.3 is 15.3 Å². The number of carboxylic acid groups (broad SMARTS) is 1. The molecule has 1 aromatic carbocycles. The van der Waals surface area contributed by atoms with Gasteiger partial charge in [0, 0.05) is 18.8 Å². The Balaban J connectivity index is 1.93. The monoisotopic (exact) mass is 330 g/mol. The molecule has 0 unspecified atom stereocenters. The van der Waals surface area contributed by atoms with Gasteiger partial charge in [0.2, 0.25) is 0 Å². The number of halogens is 3. The first kappa shape index (κ1) is 17.1. The number of carboxylic acids is 1. The molecular weight excluding hydrogens is 313 g/mol. The van der Waals surface area contributed by atoms with Crippen molar-refractivity contribution in [1.29, 1.82) is 0 Å². The predicted octanol–water partition coefficient (Wildman–Crippen LogP) is 3.12. The summed E-state index contributed by atoms with van der Waals surface area (Å²) in [5.74, 6) is -1.32.